The fraction of sp³-hybridized carbons (Fsp3) is 0. The van der Waals surface area contributed by atoms with Crippen LogP contribution in [0.5, 0.6) is 0 Å². The molecule has 11 heteroatoms. The summed E-state index contributed by atoms with van der Waals surface area (Å²) in [5.74, 6) is -0.0994. The summed E-state index contributed by atoms with van der Waals surface area (Å²) in [6, 6.07) is 3.14. The molecule has 9 nitrogen and oxygen atoms in total. The van der Waals surface area contributed by atoms with Crippen molar-refractivity contribution in [3.63, 3.8) is 0 Å². The molecule has 2 aromatic rings. The Morgan fingerprint density at radius 3 is 2.74 bits per heavy atom. The summed E-state index contributed by atoms with van der Waals surface area (Å²) in [7, 11) is -4.00. The standard InChI is InChI=1S/C8H6ClN5O4S/c9-6-2-1-5(3-7(6)14(15)16)19(17,18)13-8-10-4-11-12-8/h1-4H,(H2,10,11,12,13). The Hall–Kier alpha value is -2.20. The first-order valence-electron chi connectivity index (χ1n) is 4.72. The first-order valence-corrected chi connectivity index (χ1v) is 6.58. The van der Waals surface area contributed by atoms with Gasteiger partial charge < -0.3 is 0 Å². The number of rotatable bonds is 4. The van der Waals surface area contributed by atoms with Crippen molar-refractivity contribution < 1.29 is 13.3 Å². The number of sulfonamides is 1. The van der Waals surface area contributed by atoms with E-state index in [2.05, 4.69) is 19.9 Å². The van der Waals surface area contributed by atoms with E-state index in [1.165, 1.54) is 0 Å². The second kappa shape index (κ2) is 4.82. The molecular formula is C8H6ClN5O4S. The lowest BCUT2D eigenvalue weighted by Crippen LogP contribution is -2.14. The molecule has 0 spiro atoms. The molecule has 1 aromatic heterocycles. The van der Waals surface area contributed by atoms with E-state index < -0.39 is 20.6 Å². The van der Waals surface area contributed by atoms with Crippen LogP contribution in [-0.4, -0.2) is 28.5 Å². The summed E-state index contributed by atoms with van der Waals surface area (Å²) in [6.45, 7) is 0. The molecule has 1 heterocycles. The zero-order valence-electron chi connectivity index (χ0n) is 9.07. The van der Waals surface area contributed by atoms with E-state index in [4.69, 9.17) is 11.6 Å². The summed E-state index contributed by atoms with van der Waals surface area (Å²) < 4.78 is 25.9. The minimum Gasteiger partial charge on any atom is -0.258 e. The topological polar surface area (TPSA) is 131 Å². The molecule has 0 radical (unpaired) electrons. The molecule has 100 valence electrons. The third-order valence-corrected chi connectivity index (χ3v) is 3.73. The van der Waals surface area contributed by atoms with Gasteiger partial charge in [-0.3, -0.25) is 10.1 Å². The molecule has 0 aliphatic heterocycles. The third kappa shape index (κ3) is 2.80. The van der Waals surface area contributed by atoms with Gasteiger partial charge in [0.1, 0.15) is 11.3 Å². The Bertz CT molecular complexity index is 715. The van der Waals surface area contributed by atoms with Crippen LogP contribution in [0.4, 0.5) is 11.6 Å². The SMILES string of the molecule is O=[N+]([O-])c1cc(S(=O)(=O)Nc2ncn[nH]2)ccc1Cl. The van der Waals surface area contributed by atoms with Crippen LogP contribution >= 0.6 is 11.6 Å². The van der Waals surface area contributed by atoms with Gasteiger partial charge in [0.2, 0.25) is 5.95 Å². The zero-order chi connectivity index (χ0) is 14.0. The number of halogens is 1. The van der Waals surface area contributed by atoms with Crippen LogP contribution in [0.2, 0.25) is 5.02 Å². The van der Waals surface area contributed by atoms with Gasteiger partial charge in [0.15, 0.2) is 0 Å². The second-order valence-electron chi connectivity index (χ2n) is 3.31. The fourth-order valence-corrected chi connectivity index (χ4v) is 2.41. The number of hydrogen-bond donors (Lipinski definition) is 2. The summed E-state index contributed by atoms with van der Waals surface area (Å²) in [6.07, 6.45) is 1.11. The largest absolute Gasteiger partial charge is 0.289 e. The quantitative estimate of drug-likeness (QED) is 0.643. The molecule has 0 unspecified atom stereocenters. The summed E-state index contributed by atoms with van der Waals surface area (Å²) in [5.41, 5.74) is -0.498. The van der Waals surface area contributed by atoms with Gasteiger partial charge in [0, 0.05) is 6.07 Å². The highest BCUT2D eigenvalue weighted by Crippen LogP contribution is 2.27. The molecule has 19 heavy (non-hydrogen) atoms. The number of H-pyrrole nitrogens is 1. The molecule has 2 N–H and O–H groups in total. The van der Waals surface area contributed by atoms with Gasteiger partial charge in [-0.05, 0) is 12.1 Å². The number of hydrogen-bond acceptors (Lipinski definition) is 6. The first kappa shape index (κ1) is 13.2. The van der Waals surface area contributed by atoms with Gasteiger partial charge in [-0.15, -0.1) is 0 Å². The molecule has 0 saturated carbocycles. The minimum atomic E-state index is -4.00. The van der Waals surface area contributed by atoms with Crippen molar-refractivity contribution in [3.8, 4) is 0 Å². The van der Waals surface area contributed by atoms with E-state index in [1.807, 2.05) is 0 Å². The number of nitro groups is 1. The predicted molar refractivity (Wildman–Crippen MR) is 65.3 cm³/mol. The zero-order valence-corrected chi connectivity index (χ0v) is 10.6. The van der Waals surface area contributed by atoms with Gasteiger partial charge in [0.05, 0.1) is 9.82 Å². The van der Waals surface area contributed by atoms with E-state index in [0.717, 1.165) is 24.5 Å². The Morgan fingerprint density at radius 2 is 2.16 bits per heavy atom. The average molecular weight is 304 g/mol. The van der Waals surface area contributed by atoms with Crippen molar-refractivity contribution in [2.75, 3.05) is 4.72 Å². The van der Waals surface area contributed by atoms with Crippen molar-refractivity contribution in [2.45, 2.75) is 4.90 Å². The van der Waals surface area contributed by atoms with Crippen LogP contribution in [0.15, 0.2) is 29.4 Å². The van der Waals surface area contributed by atoms with Crippen LogP contribution in [0.3, 0.4) is 0 Å². The first-order chi connectivity index (χ1) is 8.90. The third-order valence-electron chi connectivity index (χ3n) is 2.07. The predicted octanol–water partition coefficient (Wildman–Crippen LogP) is 1.17. The number of nitrogens with one attached hydrogen (secondary N) is 2. The van der Waals surface area contributed by atoms with Gasteiger partial charge in [-0.2, -0.15) is 10.1 Å². The molecule has 0 aliphatic rings. The maximum atomic E-state index is 11.9. The lowest BCUT2D eigenvalue weighted by Gasteiger charge is -2.05. The summed E-state index contributed by atoms with van der Waals surface area (Å²) in [4.78, 5) is 13.2. The summed E-state index contributed by atoms with van der Waals surface area (Å²) in [5, 5.41) is 16.3. The molecule has 0 bridgehead atoms. The number of nitrogens with zero attached hydrogens (tertiary/aromatic N) is 3. The number of nitro benzene ring substituents is 1. The fourth-order valence-electron chi connectivity index (χ4n) is 1.24. The van der Waals surface area contributed by atoms with Crippen LogP contribution in [-0.2, 0) is 10.0 Å². The van der Waals surface area contributed by atoms with Gasteiger partial charge in [-0.1, -0.05) is 11.6 Å². The van der Waals surface area contributed by atoms with E-state index in [9.17, 15) is 18.5 Å². The molecule has 2 rings (SSSR count). The maximum absolute atomic E-state index is 11.9. The Kier molecular flexibility index (Phi) is 3.36. The molecule has 0 fully saturated rings. The van der Waals surface area contributed by atoms with E-state index >= 15 is 0 Å². The number of aromatic nitrogens is 3. The molecule has 0 aliphatic carbocycles. The van der Waals surface area contributed by atoms with Crippen molar-refractivity contribution >= 4 is 33.3 Å². The van der Waals surface area contributed by atoms with Crippen LogP contribution in [0, 0.1) is 10.1 Å². The van der Waals surface area contributed by atoms with E-state index in [0.29, 0.717) is 0 Å². The molecular weight excluding hydrogens is 298 g/mol. The van der Waals surface area contributed by atoms with Crippen molar-refractivity contribution in [1.82, 2.24) is 15.2 Å². The smallest absolute Gasteiger partial charge is 0.258 e. The molecule has 0 atom stereocenters. The lowest BCUT2D eigenvalue weighted by atomic mass is 10.3. The van der Waals surface area contributed by atoms with Crippen LogP contribution < -0.4 is 4.72 Å². The highest BCUT2D eigenvalue weighted by Gasteiger charge is 2.21. The van der Waals surface area contributed by atoms with E-state index in [-0.39, 0.29) is 15.9 Å². The monoisotopic (exact) mass is 303 g/mol. The van der Waals surface area contributed by atoms with Gasteiger partial charge in [-0.25, -0.2) is 18.2 Å². The highest BCUT2D eigenvalue weighted by molar-refractivity contribution is 7.92. The van der Waals surface area contributed by atoms with Crippen LogP contribution in [0.1, 0.15) is 0 Å². The Labute approximate surface area is 111 Å². The maximum Gasteiger partial charge on any atom is 0.289 e. The van der Waals surface area contributed by atoms with Gasteiger partial charge >= 0.3 is 0 Å². The Balaban J connectivity index is 2.41. The van der Waals surface area contributed by atoms with Gasteiger partial charge in [0.25, 0.3) is 15.7 Å². The van der Waals surface area contributed by atoms with Crippen molar-refractivity contribution in [2.24, 2.45) is 0 Å². The molecule has 0 amide bonds. The molecule has 1 aromatic carbocycles. The summed E-state index contributed by atoms with van der Waals surface area (Å²) >= 11 is 5.60. The average Bonchev–Trinajstić information content (AvgIpc) is 2.80. The van der Waals surface area contributed by atoms with Crippen LogP contribution in [0.25, 0.3) is 0 Å². The lowest BCUT2D eigenvalue weighted by molar-refractivity contribution is -0.384. The van der Waals surface area contributed by atoms with Crippen molar-refractivity contribution in [3.05, 3.63) is 39.7 Å². The van der Waals surface area contributed by atoms with Crippen molar-refractivity contribution in [1.29, 1.82) is 0 Å². The molecule has 0 saturated heterocycles. The number of benzene rings is 1. The Morgan fingerprint density at radius 1 is 1.42 bits per heavy atom. The number of anilines is 1. The second-order valence-corrected chi connectivity index (χ2v) is 5.40. The van der Waals surface area contributed by atoms with E-state index in [1.54, 1.807) is 0 Å². The normalized spacial score (nSPS) is 11.2. The number of aromatic amines is 1. The minimum absolute atomic E-state index is 0.0994. The highest BCUT2D eigenvalue weighted by atomic mass is 35.5.